The fourth-order valence-corrected chi connectivity index (χ4v) is 3.01. The molecule has 0 spiro atoms. The van der Waals surface area contributed by atoms with Crippen molar-refractivity contribution in [3.8, 4) is 0 Å². The number of ketones is 1. The maximum Gasteiger partial charge on any atom is 0.226 e. The summed E-state index contributed by atoms with van der Waals surface area (Å²) in [6.45, 7) is 0. The molecule has 3 N–H and O–H groups in total. The van der Waals surface area contributed by atoms with Crippen molar-refractivity contribution in [1.29, 1.82) is 0 Å². The van der Waals surface area contributed by atoms with E-state index in [1.54, 1.807) is 17.5 Å². The van der Waals surface area contributed by atoms with E-state index in [0.717, 1.165) is 0 Å². The van der Waals surface area contributed by atoms with Gasteiger partial charge in [-0.3, -0.25) is 14.4 Å². The molecular weight excluding hydrogens is 310 g/mol. The highest BCUT2D eigenvalue weighted by Gasteiger charge is 2.12. The van der Waals surface area contributed by atoms with Gasteiger partial charge >= 0.3 is 0 Å². The van der Waals surface area contributed by atoms with Crippen LogP contribution in [0.3, 0.4) is 0 Å². The molecule has 2 rings (SSSR count). The molecular formula is C13H13N3O3S2. The van der Waals surface area contributed by atoms with Gasteiger partial charge in [-0.25, -0.2) is 4.98 Å². The maximum absolute atomic E-state index is 11.8. The smallest absolute Gasteiger partial charge is 0.226 e. The number of amides is 2. The lowest BCUT2D eigenvalue weighted by molar-refractivity contribution is -0.117. The van der Waals surface area contributed by atoms with E-state index in [4.69, 9.17) is 5.73 Å². The molecule has 0 aliphatic carbocycles. The highest BCUT2D eigenvalue weighted by molar-refractivity contribution is 7.14. The van der Waals surface area contributed by atoms with E-state index in [0.29, 0.717) is 15.7 Å². The first-order valence-electron chi connectivity index (χ1n) is 6.14. The number of carbonyl (C=O) groups is 3. The number of nitrogens with one attached hydrogen (secondary N) is 1. The highest BCUT2D eigenvalue weighted by Crippen LogP contribution is 2.17. The van der Waals surface area contributed by atoms with Crippen molar-refractivity contribution in [2.45, 2.75) is 19.3 Å². The minimum absolute atomic E-state index is 0.0449. The Morgan fingerprint density at radius 2 is 2.05 bits per heavy atom. The van der Waals surface area contributed by atoms with Gasteiger partial charge in [0.05, 0.1) is 17.0 Å². The first-order valence-corrected chi connectivity index (χ1v) is 7.90. The van der Waals surface area contributed by atoms with Crippen molar-refractivity contribution in [1.82, 2.24) is 4.98 Å². The standard InChI is InChI=1S/C13H13N3O3S2/c14-11(18)6-8-7-21-13(15-8)16-12(19)4-3-9(17)10-2-1-5-20-10/h1-2,5,7H,3-4,6H2,(H2,14,18)(H,15,16,19). The van der Waals surface area contributed by atoms with Crippen LogP contribution in [0.15, 0.2) is 22.9 Å². The van der Waals surface area contributed by atoms with Crippen LogP contribution in [0.25, 0.3) is 0 Å². The number of Topliss-reactive ketones (excluding diaryl/α,β-unsaturated/α-hetero) is 1. The molecule has 0 fully saturated rings. The number of primary amides is 1. The Hall–Kier alpha value is -2.06. The van der Waals surface area contributed by atoms with Crippen molar-refractivity contribution in [3.05, 3.63) is 33.5 Å². The van der Waals surface area contributed by atoms with Crippen LogP contribution in [0.1, 0.15) is 28.2 Å². The molecule has 0 saturated heterocycles. The average Bonchev–Trinajstić information content (AvgIpc) is 3.07. The van der Waals surface area contributed by atoms with Crippen LogP contribution < -0.4 is 11.1 Å². The molecule has 8 heteroatoms. The Bertz CT molecular complexity index is 649. The SMILES string of the molecule is NC(=O)Cc1csc(NC(=O)CCC(=O)c2cccs2)n1. The summed E-state index contributed by atoms with van der Waals surface area (Å²) in [6, 6.07) is 3.54. The fourth-order valence-electron chi connectivity index (χ4n) is 1.59. The largest absolute Gasteiger partial charge is 0.369 e. The number of hydrogen-bond acceptors (Lipinski definition) is 6. The van der Waals surface area contributed by atoms with Gasteiger partial charge in [-0.15, -0.1) is 22.7 Å². The fraction of sp³-hybridized carbons (Fsp3) is 0.231. The summed E-state index contributed by atoms with van der Waals surface area (Å²) in [5, 5.41) is 6.49. The van der Waals surface area contributed by atoms with E-state index in [9.17, 15) is 14.4 Å². The van der Waals surface area contributed by atoms with Gasteiger partial charge in [0, 0.05) is 18.2 Å². The molecule has 2 amide bonds. The van der Waals surface area contributed by atoms with Crippen LogP contribution in [0.5, 0.6) is 0 Å². The van der Waals surface area contributed by atoms with Crippen LogP contribution in [0, 0.1) is 0 Å². The van der Waals surface area contributed by atoms with E-state index >= 15 is 0 Å². The Labute approximate surface area is 129 Å². The van der Waals surface area contributed by atoms with Crippen molar-refractivity contribution in [2.75, 3.05) is 5.32 Å². The Balaban J connectivity index is 1.80. The monoisotopic (exact) mass is 323 g/mol. The third-order valence-corrected chi connectivity index (χ3v) is 4.25. The number of nitrogens with zero attached hydrogens (tertiary/aromatic N) is 1. The minimum Gasteiger partial charge on any atom is -0.369 e. The zero-order chi connectivity index (χ0) is 15.2. The third-order valence-electron chi connectivity index (χ3n) is 2.53. The van der Waals surface area contributed by atoms with Gasteiger partial charge in [0.25, 0.3) is 0 Å². The van der Waals surface area contributed by atoms with Crippen LogP contribution in [-0.4, -0.2) is 22.6 Å². The molecule has 6 nitrogen and oxygen atoms in total. The molecule has 110 valence electrons. The summed E-state index contributed by atoms with van der Waals surface area (Å²) in [4.78, 5) is 39.0. The molecule has 2 aromatic rings. The van der Waals surface area contributed by atoms with Crippen LogP contribution in [0.4, 0.5) is 5.13 Å². The molecule has 0 saturated carbocycles. The normalized spacial score (nSPS) is 10.3. The molecule has 0 aliphatic rings. The molecule has 0 aliphatic heterocycles. The number of thiophene rings is 1. The Morgan fingerprint density at radius 3 is 2.71 bits per heavy atom. The molecule has 2 aromatic heterocycles. The molecule has 2 heterocycles. The Kier molecular flexibility index (Phi) is 5.18. The molecule has 0 atom stereocenters. The quantitative estimate of drug-likeness (QED) is 0.759. The van der Waals surface area contributed by atoms with Crippen LogP contribution >= 0.6 is 22.7 Å². The van der Waals surface area contributed by atoms with Crippen LogP contribution in [-0.2, 0) is 16.0 Å². The third kappa shape index (κ3) is 4.76. The molecule has 0 radical (unpaired) electrons. The first-order chi connectivity index (χ1) is 10.0. The van der Waals surface area contributed by atoms with E-state index in [-0.39, 0.29) is 31.0 Å². The summed E-state index contributed by atoms with van der Waals surface area (Å²) < 4.78 is 0. The van der Waals surface area contributed by atoms with Gasteiger partial charge in [-0.2, -0.15) is 0 Å². The van der Waals surface area contributed by atoms with E-state index in [1.165, 1.54) is 22.7 Å². The van der Waals surface area contributed by atoms with Crippen molar-refractivity contribution in [3.63, 3.8) is 0 Å². The van der Waals surface area contributed by atoms with Crippen LogP contribution in [0.2, 0.25) is 0 Å². The lowest BCUT2D eigenvalue weighted by Gasteiger charge is -2.00. The number of aromatic nitrogens is 1. The number of anilines is 1. The second kappa shape index (κ2) is 7.09. The van der Waals surface area contributed by atoms with Gasteiger partial charge in [0.2, 0.25) is 11.8 Å². The van der Waals surface area contributed by atoms with Gasteiger partial charge in [-0.1, -0.05) is 6.07 Å². The predicted molar refractivity (Wildman–Crippen MR) is 81.5 cm³/mol. The lowest BCUT2D eigenvalue weighted by Crippen LogP contribution is -2.15. The number of carbonyl (C=O) groups excluding carboxylic acids is 3. The molecule has 0 unspecified atom stereocenters. The zero-order valence-corrected chi connectivity index (χ0v) is 12.6. The lowest BCUT2D eigenvalue weighted by atomic mass is 10.2. The molecule has 0 bridgehead atoms. The summed E-state index contributed by atoms with van der Waals surface area (Å²) in [6.07, 6.45) is 0.302. The first kappa shape index (κ1) is 15.3. The summed E-state index contributed by atoms with van der Waals surface area (Å²) in [5.74, 6) is -0.798. The summed E-state index contributed by atoms with van der Waals surface area (Å²) in [7, 11) is 0. The minimum atomic E-state index is -0.472. The molecule has 21 heavy (non-hydrogen) atoms. The van der Waals surface area contributed by atoms with Gasteiger partial charge < -0.3 is 11.1 Å². The van der Waals surface area contributed by atoms with Crippen molar-refractivity contribution in [2.24, 2.45) is 5.73 Å². The highest BCUT2D eigenvalue weighted by atomic mass is 32.1. The van der Waals surface area contributed by atoms with Crippen molar-refractivity contribution >= 4 is 45.4 Å². The number of nitrogens with two attached hydrogens (primary N) is 1. The molecule has 0 aromatic carbocycles. The average molecular weight is 323 g/mol. The number of hydrogen-bond donors (Lipinski definition) is 2. The predicted octanol–water partition coefficient (Wildman–Crippen LogP) is 1.83. The summed E-state index contributed by atoms with van der Waals surface area (Å²) in [5.41, 5.74) is 5.59. The zero-order valence-electron chi connectivity index (χ0n) is 11.0. The van der Waals surface area contributed by atoms with E-state index in [1.807, 2.05) is 5.38 Å². The maximum atomic E-state index is 11.8. The number of rotatable bonds is 7. The van der Waals surface area contributed by atoms with Gasteiger partial charge in [0.1, 0.15) is 0 Å². The van der Waals surface area contributed by atoms with Gasteiger partial charge in [-0.05, 0) is 11.4 Å². The van der Waals surface area contributed by atoms with Crippen molar-refractivity contribution < 1.29 is 14.4 Å². The number of thiazole rings is 1. The van der Waals surface area contributed by atoms with E-state index < -0.39 is 5.91 Å². The van der Waals surface area contributed by atoms with E-state index in [2.05, 4.69) is 10.3 Å². The second-order valence-corrected chi connectivity index (χ2v) is 6.04. The summed E-state index contributed by atoms with van der Waals surface area (Å²) >= 11 is 2.58. The Morgan fingerprint density at radius 1 is 1.24 bits per heavy atom. The van der Waals surface area contributed by atoms with Gasteiger partial charge in [0.15, 0.2) is 10.9 Å². The topological polar surface area (TPSA) is 102 Å². The second-order valence-electron chi connectivity index (χ2n) is 4.24.